The van der Waals surface area contributed by atoms with E-state index in [1.165, 1.54) is 10.9 Å². The van der Waals surface area contributed by atoms with E-state index in [4.69, 9.17) is 0 Å². The first-order chi connectivity index (χ1) is 13.2. The van der Waals surface area contributed by atoms with Gasteiger partial charge < -0.3 is 20.5 Å². The van der Waals surface area contributed by atoms with Gasteiger partial charge in [-0.2, -0.15) is 0 Å². The van der Waals surface area contributed by atoms with Gasteiger partial charge in [0, 0.05) is 42.4 Å². The highest BCUT2D eigenvalue weighted by molar-refractivity contribution is 7.99. The molecule has 144 valence electrons. The van der Waals surface area contributed by atoms with E-state index in [2.05, 4.69) is 27.8 Å². The molecule has 0 saturated carbocycles. The molecule has 0 aliphatic carbocycles. The number of benzene rings is 1. The van der Waals surface area contributed by atoms with Crippen molar-refractivity contribution in [1.82, 2.24) is 20.5 Å². The Morgan fingerprint density at radius 3 is 3.04 bits per heavy atom. The number of rotatable bonds is 6. The number of hydrogen-bond acceptors (Lipinski definition) is 4. The summed E-state index contributed by atoms with van der Waals surface area (Å²) in [6, 6.07) is 8.09. The maximum atomic E-state index is 12.4. The fourth-order valence-electron chi connectivity index (χ4n) is 3.97. The summed E-state index contributed by atoms with van der Waals surface area (Å²) in [5.41, 5.74) is 2.35. The normalized spacial score (nSPS) is 22.4. The Balaban J connectivity index is 1.20. The molecular formula is C20H26N4O2S. The Hall–Kier alpha value is -1.99. The predicted octanol–water partition coefficient (Wildman–Crippen LogP) is 1.73. The highest BCUT2D eigenvalue weighted by Gasteiger charge is 2.34. The largest absolute Gasteiger partial charge is 0.361 e. The molecule has 6 nitrogen and oxygen atoms in total. The molecule has 7 heteroatoms. The van der Waals surface area contributed by atoms with Crippen LogP contribution in [0.15, 0.2) is 30.5 Å². The highest BCUT2D eigenvalue weighted by Crippen LogP contribution is 2.22. The monoisotopic (exact) mass is 386 g/mol. The van der Waals surface area contributed by atoms with Crippen molar-refractivity contribution in [1.29, 1.82) is 0 Å². The van der Waals surface area contributed by atoms with Crippen molar-refractivity contribution >= 4 is 34.5 Å². The highest BCUT2D eigenvalue weighted by atomic mass is 32.2. The minimum Gasteiger partial charge on any atom is -0.361 e. The van der Waals surface area contributed by atoms with Crippen LogP contribution < -0.4 is 10.6 Å². The molecule has 2 aromatic rings. The average molecular weight is 387 g/mol. The zero-order chi connectivity index (χ0) is 18.6. The number of nitrogens with one attached hydrogen (secondary N) is 3. The summed E-state index contributed by atoms with van der Waals surface area (Å²) in [5.74, 6) is 2.34. The summed E-state index contributed by atoms with van der Waals surface area (Å²) < 4.78 is 0. The molecule has 2 unspecified atom stereocenters. The zero-order valence-corrected chi connectivity index (χ0v) is 16.2. The number of H-pyrrole nitrogens is 1. The Morgan fingerprint density at radius 2 is 2.19 bits per heavy atom. The summed E-state index contributed by atoms with van der Waals surface area (Å²) in [6.07, 6.45) is 4.08. The average Bonchev–Trinajstić information content (AvgIpc) is 3.42. The van der Waals surface area contributed by atoms with Crippen LogP contribution >= 0.6 is 11.8 Å². The molecule has 3 heterocycles. The molecule has 3 N–H and O–H groups in total. The second-order valence-electron chi connectivity index (χ2n) is 7.37. The van der Waals surface area contributed by atoms with Crippen molar-refractivity contribution in [2.75, 3.05) is 31.3 Å². The fraction of sp³-hybridized carbons (Fsp3) is 0.500. The van der Waals surface area contributed by atoms with Gasteiger partial charge in [0.15, 0.2) is 0 Å². The van der Waals surface area contributed by atoms with E-state index >= 15 is 0 Å². The summed E-state index contributed by atoms with van der Waals surface area (Å²) in [6.45, 7) is 2.22. The number of hydrogen-bond donors (Lipinski definition) is 3. The lowest BCUT2D eigenvalue weighted by atomic mass is 10.0. The summed E-state index contributed by atoms with van der Waals surface area (Å²) in [4.78, 5) is 29.9. The van der Waals surface area contributed by atoms with E-state index < -0.39 is 0 Å². The van der Waals surface area contributed by atoms with Gasteiger partial charge in [0.1, 0.15) is 0 Å². The second kappa shape index (κ2) is 8.35. The van der Waals surface area contributed by atoms with Crippen LogP contribution in [0.25, 0.3) is 10.9 Å². The fourth-order valence-corrected chi connectivity index (χ4v) is 4.93. The SMILES string of the molecule is O=C(CC1CNC(C(=O)N2CCSC2)C1)NCCc1c[nH]c2ccccc12. The molecule has 0 radical (unpaired) electrons. The first-order valence-electron chi connectivity index (χ1n) is 9.62. The summed E-state index contributed by atoms with van der Waals surface area (Å²) >= 11 is 1.80. The Morgan fingerprint density at radius 1 is 1.30 bits per heavy atom. The number of aromatic amines is 1. The molecule has 2 fully saturated rings. The molecule has 2 saturated heterocycles. The number of nitrogens with zero attached hydrogens (tertiary/aromatic N) is 1. The maximum Gasteiger partial charge on any atom is 0.240 e. The third-order valence-electron chi connectivity index (χ3n) is 5.45. The van der Waals surface area contributed by atoms with Gasteiger partial charge in [-0.05, 0) is 36.9 Å². The molecule has 0 bridgehead atoms. The molecule has 4 rings (SSSR count). The number of amides is 2. The standard InChI is InChI=1S/C20H26N4O2S/c25-19(21-6-5-15-12-23-17-4-2-1-3-16(15)17)10-14-9-18(22-11-14)20(26)24-7-8-27-13-24/h1-4,12,14,18,22-23H,5-11,13H2,(H,21,25). The first kappa shape index (κ1) is 18.4. The van der Waals surface area contributed by atoms with Crippen molar-refractivity contribution in [3.8, 4) is 0 Å². The Bertz CT molecular complexity index is 815. The van der Waals surface area contributed by atoms with Crippen LogP contribution in [-0.4, -0.2) is 59.0 Å². The minimum absolute atomic E-state index is 0.0754. The Kier molecular flexibility index (Phi) is 5.69. The summed E-state index contributed by atoms with van der Waals surface area (Å²) in [5, 5.41) is 7.55. The Labute approximate surface area is 163 Å². The minimum atomic E-state index is -0.118. The predicted molar refractivity (Wildman–Crippen MR) is 109 cm³/mol. The summed E-state index contributed by atoms with van der Waals surface area (Å²) in [7, 11) is 0. The van der Waals surface area contributed by atoms with Crippen LogP contribution in [0.1, 0.15) is 18.4 Å². The van der Waals surface area contributed by atoms with Crippen molar-refractivity contribution in [3.63, 3.8) is 0 Å². The quantitative estimate of drug-likeness (QED) is 0.707. The van der Waals surface area contributed by atoms with Gasteiger partial charge in [-0.25, -0.2) is 0 Å². The van der Waals surface area contributed by atoms with Crippen LogP contribution in [0, 0.1) is 5.92 Å². The van der Waals surface area contributed by atoms with Crippen LogP contribution in [0.4, 0.5) is 0 Å². The van der Waals surface area contributed by atoms with Crippen LogP contribution in [0.5, 0.6) is 0 Å². The lowest BCUT2D eigenvalue weighted by molar-refractivity contribution is -0.131. The number of thioether (sulfide) groups is 1. The molecule has 0 spiro atoms. The lowest BCUT2D eigenvalue weighted by Crippen LogP contribution is -2.42. The van der Waals surface area contributed by atoms with Crippen LogP contribution in [0.3, 0.4) is 0 Å². The van der Waals surface area contributed by atoms with E-state index in [0.717, 1.165) is 43.1 Å². The van der Waals surface area contributed by atoms with E-state index in [0.29, 0.717) is 13.0 Å². The maximum absolute atomic E-state index is 12.4. The van der Waals surface area contributed by atoms with Crippen LogP contribution in [-0.2, 0) is 16.0 Å². The van der Waals surface area contributed by atoms with Gasteiger partial charge in [0.2, 0.25) is 11.8 Å². The molecule has 2 amide bonds. The molecule has 2 aliphatic rings. The van der Waals surface area contributed by atoms with Gasteiger partial charge in [0.05, 0.1) is 11.9 Å². The number of carbonyl (C=O) groups is 2. The number of fused-ring (bicyclic) bond motifs is 1. The van der Waals surface area contributed by atoms with E-state index in [1.54, 1.807) is 11.8 Å². The van der Waals surface area contributed by atoms with Crippen molar-refractivity contribution in [3.05, 3.63) is 36.0 Å². The lowest BCUT2D eigenvalue weighted by Gasteiger charge is -2.19. The van der Waals surface area contributed by atoms with Gasteiger partial charge in [0.25, 0.3) is 0 Å². The zero-order valence-electron chi connectivity index (χ0n) is 15.4. The number of carbonyl (C=O) groups excluding carboxylic acids is 2. The molecule has 27 heavy (non-hydrogen) atoms. The van der Waals surface area contributed by atoms with Gasteiger partial charge in [-0.15, -0.1) is 11.8 Å². The van der Waals surface area contributed by atoms with Gasteiger partial charge >= 0.3 is 0 Å². The molecule has 2 atom stereocenters. The van der Waals surface area contributed by atoms with Crippen molar-refractivity contribution < 1.29 is 9.59 Å². The molecule has 2 aliphatic heterocycles. The third-order valence-corrected chi connectivity index (χ3v) is 6.42. The van der Waals surface area contributed by atoms with Gasteiger partial charge in [-0.1, -0.05) is 18.2 Å². The molecule has 1 aromatic heterocycles. The van der Waals surface area contributed by atoms with Gasteiger partial charge in [-0.3, -0.25) is 9.59 Å². The van der Waals surface area contributed by atoms with Crippen molar-refractivity contribution in [2.45, 2.75) is 25.3 Å². The molecule has 1 aromatic carbocycles. The van der Waals surface area contributed by atoms with E-state index in [1.807, 2.05) is 23.2 Å². The smallest absolute Gasteiger partial charge is 0.240 e. The molecular weight excluding hydrogens is 360 g/mol. The van der Waals surface area contributed by atoms with E-state index in [9.17, 15) is 9.59 Å². The number of aromatic nitrogens is 1. The van der Waals surface area contributed by atoms with E-state index in [-0.39, 0.29) is 23.8 Å². The second-order valence-corrected chi connectivity index (χ2v) is 8.44. The third kappa shape index (κ3) is 4.30. The topological polar surface area (TPSA) is 77.2 Å². The van der Waals surface area contributed by atoms with Crippen molar-refractivity contribution in [2.24, 2.45) is 5.92 Å². The number of para-hydroxylation sites is 1. The first-order valence-corrected chi connectivity index (χ1v) is 10.8. The van der Waals surface area contributed by atoms with Crippen LogP contribution in [0.2, 0.25) is 0 Å².